The van der Waals surface area contributed by atoms with Gasteiger partial charge in [-0.1, -0.05) is 23.7 Å². The van der Waals surface area contributed by atoms with E-state index in [2.05, 4.69) is 5.32 Å². The van der Waals surface area contributed by atoms with Gasteiger partial charge in [0.2, 0.25) is 0 Å². The van der Waals surface area contributed by atoms with Gasteiger partial charge >= 0.3 is 0 Å². The summed E-state index contributed by atoms with van der Waals surface area (Å²) in [7, 11) is -3.05. The van der Waals surface area contributed by atoms with Crippen LogP contribution >= 0.6 is 11.6 Å². The van der Waals surface area contributed by atoms with Crippen molar-refractivity contribution in [2.45, 2.75) is 12.5 Å². The number of para-hydroxylation sites is 1. The van der Waals surface area contributed by atoms with E-state index in [0.717, 1.165) is 0 Å². The molecule has 3 rings (SSSR count). The number of furan rings is 1. The molecule has 0 bridgehead atoms. The second kappa shape index (κ2) is 6.25. The number of rotatable bonds is 4. The van der Waals surface area contributed by atoms with Gasteiger partial charge in [0.25, 0.3) is 11.9 Å². The van der Waals surface area contributed by atoms with Gasteiger partial charge in [0.05, 0.1) is 16.5 Å². The molecule has 1 saturated heterocycles. The maximum Gasteiger partial charge on any atom is 0.290 e. The molecule has 0 saturated carbocycles. The van der Waals surface area contributed by atoms with Crippen LogP contribution in [-0.2, 0) is 9.84 Å². The standard InChI is InChI=1S/C15H14ClNO5S/c16-11-3-1-2-4-12(11)21-14-6-5-13(22-14)15(18)17-10-7-8-23(19,20)9-10/h1-6,10H,7-9H2,(H,17,18)/t10-/m0/s1. The molecule has 0 spiro atoms. The normalized spacial score (nSPS) is 19.4. The van der Waals surface area contributed by atoms with E-state index in [0.29, 0.717) is 17.2 Å². The summed E-state index contributed by atoms with van der Waals surface area (Å²) in [5.41, 5.74) is 0. The molecule has 1 aliphatic rings. The van der Waals surface area contributed by atoms with E-state index in [1.54, 1.807) is 24.3 Å². The van der Waals surface area contributed by atoms with Crippen molar-refractivity contribution in [3.63, 3.8) is 0 Å². The Morgan fingerprint density at radius 1 is 1.26 bits per heavy atom. The molecule has 0 unspecified atom stereocenters. The summed E-state index contributed by atoms with van der Waals surface area (Å²) in [5, 5.41) is 3.07. The van der Waals surface area contributed by atoms with Crippen LogP contribution in [0, 0.1) is 0 Å². The predicted octanol–water partition coefficient (Wildman–Crippen LogP) is 2.64. The molecule has 0 aliphatic carbocycles. The van der Waals surface area contributed by atoms with Crippen LogP contribution in [-0.4, -0.2) is 31.9 Å². The Kier molecular flexibility index (Phi) is 4.32. The number of benzene rings is 1. The van der Waals surface area contributed by atoms with Crippen molar-refractivity contribution in [2.75, 3.05) is 11.5 Å². The van der Waals surface area contributed by atoms with Crippen LogP contribution in [0.25, 0.3) is 0 Å². The van der Waals surface area contributed by atoms with Crippen molar-refractivity contribution in [1.29, 1.82) is 0 Å². The molecule has 1 fully saturated rings. The fourth-order valence-corrected chi connectivity index (χ4v) is 4.15. The number of carbonyl (C=O) groups excluding carboxylic acids is 1. The number of nitrogens with one attached hydrogen (secondary N) is 1. The zero-order valence-electron chi connectivity index (χ0n) is 12.0. The van der Waals surface area contributed by atoms with Crippen LogP contribution in [0.15, 0.2) is 40.8 Å². The van der Waals surface area contributed by atoms with Crippen molar-refractivity contribution < 1.29 is 22.4 Å². The lowest BCUT2D eigenvalue weighted by Gasteiger charge is -2.08. The molecule has 2 heterocycles. The first-order valence-electron chi connectivity index (χ1n) is 6.96. The number of sulfone groups is 1. The van der Waals surface area contributed by atoms with Gasteiger partial charge in [-0.15, -0.1) is 0 Å². The van der Waals surface area contributed by atoms with E-state index in [1.807, 2.05) is 0 Å². The van der Waals surface area contributed by atoms with E-state index in [4.69, 9.17) is 20.8 Å². The van der Waals surface area contributed by atoms with E-state index in [-0.39, 0.29) is 29.3 Å². The third-order valence-corrected chi connectivity index (χ3v) is 5.50. The fraction of sp³-hybridized carbons (Fsp3) is 0.267. The second-order valence-corrected chi connectivity index (χ2v) is 7.86. The maximum absolute atomic E-state index is 12.1. The Morgan fingerprint density at radius 3 is 2.74 bits per heavy atom. The van der Waals surface area contributed by atoms with Gasteiger partial charge in [0.1, 0.15) is 5.75 Å². The molecule has 122 valence electrons. The Balaban J connectivity index is 1.65. The lowest BCUT2D eigenvalue weighted by molar-refractivity contribution is 0.0908. The predicted molar refractivity (Wildman–Crippen MR) is 84.8 cm³/mol. The zero-order valence-corrected chi connectivity index (χ0v) is 13.6. The van der Waals surface area contributed by atoms with Gasteiger partial charge in [-0.2, -0.15) is 0 Å². The van der Waals surface area contributed by atoms with Crippen molar-refractivity contribution in [3.8, 4) is 11.7 Å². The maximum atomic E-state index is 12.1. The summed E-state index contributed by atoms with van der Waals surface area (Å²) in [5.74, 6) is 0.177. The minimum Gasteiger partial charge on any atom is -0.424 e. The smallest absolute Gasteiger partial charge is 0.290 e. The summed E-state index contributed by atoms with van der Waals surface area (Å²) in [6, 6.07) is 9.46. The molecule has 1 aromatic carbocycles. The van der Waals surface area contributed by atoms with E-state index in [9.17, 15) is 13.2 Å². The van der Waals surface area contributed by atoms with Gasteiger partial charge in [-0.25, -0.2) is 8.42 Å². The van der Waals surface area contributed by atoms with Crippen molar-refractivity contribution >= 4 is 27.3 Å². The van der Waals surface area contributed by atoms with Crippen LogP contribution in [0.5, 0.6) is 11.7 Å². The second-order valence-electron chi connectivity index (χ2n) is 5.22. The molecule has 6 nitrogen and oxygen atoms in total. The molecule has 1 aromatic heterocycles. The molecule has 1 aliphatic heterocycles. The summed E-state index contributed by atoms with van der Waals surface area (Å²) < 4.78 is 33.6. The van der Waals surface area contributed by atoms with E-state index >= 15 is 0 Å². The van der Waals surface area contributed by atoms with Crippen LogP contribution in [0.4, 0.5) is 0 Å². The van der Waals surface area contributed by atoms with Crippen LogP contribution in [0.2, 0.25) is 5.02 Å². The topological polar surface area (TPSA) is 85.6 Å². The average Bonchev–Trinajstić information content (AvgIpc) is 3.08. The molecule has 8 heteroatoms. The Labute approximate surface area is 138 Å². The first-order valence-corrected chi connectivity index (χ1v) is 9.16. The summed E-state index contributed by atoms with van der Waals surface area (Å²) >= 11 is 5.98. The van der Waals surface area contributed by atoms with Crippen LogP contribution in [0.3, 0.4) is 0 Å². The Morgan fingerprint density at radius 2 is 2.04 bits per heavy atom. The molecular weight excluding hydrogens is 342 g/mol. The number of carbonyl (C=O) groups is 1. The van der Waals surface area contributed by atoms with Gasteiger partial charge in [0.15, 0.2) is 15.6 Å². The van der Waals surface area contributed by atoms with Crippen LogP contribution in [0.1, 0.15) is 17.0 Å². The first kappa shape index (κ1) is 15.9. The largest absolute Gasteiger partial charge is 0.424 e. The number of hydrogen-bond acceptors (Lipinski definition) is 5. The van der Waals surface area contributed by atoms with Crippen molar-refractivity contribution in [3.05, 3.63) is 47.2 Å². The number of ether oxygens (including phenoxy) is 1. The Bertz CT molecular complexity index is 830. The van der Waals surface area contributed by atoms with E-state index < -0.39 is 15.7 Å². The van der Waals surface area contributed by atoms with E-state index in [1.165, 1.54) is 12.1 Å². The highest BCUT2D eigenvalue weighted by Gasteiger charge is 2.29. The monoisotopic (exact) mass is 355 g/mol. The highest BCUT2D eigenvalue weighted by molar-refractivity contribution is 7.91. The molecule has 2 aromatic rings. The summed E-state index contributed by atoms with van der Waals surface area (Å²) in [6.45, 7) is 0. The Hall–Kier alpha value is -1.99. The first-order chi connectivity index (χ1) is 10.9. The van der Waals surface area contributed by atoms with Crippen molar-refractivity contribution in [1.82, 2.24) is 5.32 Å². The van der Waals surface area contributed by atoms with Crippen LogP contribution < -0.4 is 10.1 Å². The fourth-order valence-electron chi connectivity index (χ4n) is 2.30. The molecular formula is C15H14ClNO5S. The lowest BCUT2D eigenvalue weighted by atomic mass is 10.2. The third-order valence-electron chi connectivity index (χ3n) is 3.42. The highest BCUT2D eigenvalue weighted by atomic mass is 35.5. The third kappa shape index (κ3) is 3.86. The lowest BCUT2D eigenvalue weighted by Crippen LogP contribution is -2.35. The highest BCUT2D eigenvalue weighted by Crippen LogP contribution is 2.29. The number of amides is 1. The van der Waals surface area contributed by atoms with Gasteiger partial charge in [0, 0.05) is 12.1 Å². The van der Waals surface area contributed by atoms with Gasteiger partial charge in [-0.3, -0.25) is 4.79 Å². The van der Waals surface area contributed by atoms with Crippen molar-refractivity contribution in [2.24, 2.45) is 0 Å². The molecule has 0 radical (unpaired) electrons. The SMILES string of the molecule is O=C(N[C@H]1CCS(=O)(=O)C1)c1ccc(Oc2ccccc2Cl)o1. The quantitative estimate of drug-likeness (QED) is 0.911. The summed E-state index contributed by atoms with van der Waals surface area (Å²) in [4.78, 5) is 12.1. The number of halogens is 1. The molecule has 1 N–H and O–H groups in total. The van der Waals surface area contributed by atoms with Gasteiger partial charge < -0.3 is 14.5 Å². The minimum absolute atomic E-state index is 0.0393. The number of hydrogen-bond donors (Lipinski definition) is 1. The summed E-state index contributed by atoms with van der Waals surface area (Å²) in [6.07, 6.45) is 0.414. The molecule has 1 atom stereocenters. The molecule has 1 amide bonds. The zero-order chi connectivity index (χ0) is 16.4. The molecule has 23 heavy (non-hydrogen) atoms. The van der Waals surface area contributed by atoms with Gasteiger partial charge in [-0.05, 0) is 24.6 Å². The minimum atomic E-state index is -3.05. The average molecular weight is 356 g/mol.